The third-order valence-corrected chi connectivity index (χ3v) is 4.53. The van der Waals surface area contributed by atoms with Gasteiger partial charge in [-0.25, -0.2) is 4.79 Å². The van der Waals surface area contributed by atoms with E-state index in [4.69, 9.17) is 15.2 Å². The van der Waals surface area contributed by atoms with E-state index in [1.165, 1.54) is 5.56 Å². The first-order chi connectivity index (χ1) is 11.9. The van der Waals surface area contributed by atoms with Gasteiger partial charge in [-0.1, -0.05) is 56.3 Å². The number of carbonyl (C=O) groups excluding carboxylic acids is 1. The van der Waals surface area contributed by atoms with E-state index >= 15 is 0 Å². The van der Waals surface area contributed by atoms with Crippen molar-refractivity contribution in [3.63, 3.8) is 0 Å². The summed E-state index contributed by atoms with van der Waals surface area (Å²) >= 11 is 0. The van der Waals surface area contributed by atoms with Crippen molar-refractivity contribution in [3.8, 4) is 16.9 Å². The van der Waals surface area contributed by atoms with E-state index in [9.17, 15) is 4.79 Å². The minimum Gasteiger partial charge on any atom is -0.492 e. The monoisotopic (exact) mass is 337 g/mol. The van der Waals surface area contributed by atoms with Gasteiger partial charge in [0.1, 0.15) is 11.9 Å². The average molecular weight is 337 g/mol. The molecule has 0 bridgehead atoms. The molecule has 1 unspecified atom stereocenters. The van der Waals surface area contributed by atoms with Gasteiger partial charge in [0.2, 0.25) is 0 Å². The third-order valence-electron chi connectivity index (χ3n) is 4.53. The number of hydrogen-bond acceptors (Lipinski definition) is 3. The fourth-order valence-electron chi connectivity index (χ4n) is 3.28. The Labute approximate surface area is 148 Å². The summed E-state index contributed by atoms with van der Waals surface area (Å²) in [6, 6.07) is 14.2. The molecule has 0 fully saturated rings. The van der Waals surface area contributed by atoms with E-state index in [0.717, 1.165) is 28.9 Å². The van der Waals surface area contributed by atoms with E-state index < -0.39 is 12.2 Å². The zero-order chi connectivity index (χ0) is 18.0. The van der Waals surface area contributed by atoms with Crippen LogP contribution in [0.2, 0.25) is 0 Å². The second kappa shape index (κ2) is 6.63. The lowest BCUT2D eigenvalue weighted by Crippen LogP contribution is -2.37. The van der Waals surface area contributed by atoms with Crippen LogP contribution in [0.15, 0.2) is 55.1 Å². The number of nitrogens with two attached hydrogens (primary N) is 1. The van der Waals surface area contributed by atoms with E-state index in [-0.39, 0.29) is 5.41 Å². The maximum atomic E-state index is 11.3. The molecule has 0 aromatic heterocycles. The van der Waals surface area contributed by atoms with Gasteiger partial charge in [-0.3, -0.25) is 0 Å². The number of ether oxygens (including phenoxy) is 2. The number of amides is 1. The zero-order valence-electron chi connectivity index (χ0n) is 14.6. The van der Waals surface area contributed by atoms with Gasteiger partial charge in [0, 0.05) is 11.0 Å². The topological polar surface area (TPSA) is 61.6 Å². The molecule has 3 rings (SSSR count). The lowest BCUT2D eigenvalue weighted by Gasteiger charge is -2.38. The largest absolute Gasteiger partial charge is 0.492 e. The Balaban J connectivity index is 2.04. The Hall–Kier alpha value is -2.75. The molecule has 1 amide bonds. The fraction of sp³-hybridized carbons (Fsp3) is 0.286. The minimum atomic E-state index is -0.772. The third kappa shape index (κ3) is 3.38. The van der Waals surface area contributed by atoms with Crippen molar-refractivity contribution in [2.24, 2.45) is 11.1 Å². The van der Waals surface area contributed by atoms with Crippen molar-refractivity contribution in [1.29, 1.82) is 0 Å². The predicted molar refractivity (Wildman–Crippen MR) is 98.5 cm³/mol. The molecule has 2 N–H and O–H groups in total. The first-order valence-electron chi connectivity index (χ1n) is 8.34. The van der Waals surface area contributed by atoms with Crippen LogP contribution in [-0.4, -0.2) is 12.7 Å². The highest BCUT2D eigenvalue weighted by molar-refractivity contribution is 5.70. The molecule has 1 atom stereocenters. The highest BCUT2D eigenvalue weighted by atomic mass is 16.6. The van der Waals surface area contributed by atoms with Gasteiger partial charge in [0.05, 0.1) is 6.61 Å². The van der Waals surface area contributed by atoms with Crippen LogP contribution in [0.1, 0.15) is 31.1 Å². The van der Waals surface area contributed by atoms with Crippen LogP contribution in [-0.2, 0) is 11.2 Å². The molecule has 130 valence electrons. The van der Waals surface area contributed by atoms with Crippen LogP contribution in [0.5, 0.6) is 5.75 Å². The maximum Gasteiger partial charge on any atom is 0.405 e. The fourth-order valence-corrected chi connectivity index (χ4v) is 3.28. The average Bonchev–Trinajstić information content (AvgIpc) is 2.58. The second-order valence-electron chi connectivity index (χ2n) is 7.00. The van der Waals surface area contributed by atoms with Gasteiger partial charge in [0.25, 0.3) is 0 Å². The molecule has 0 aliphatic carbocycles. The minimum absolute atomic E-state index is 0.343. The lowest BCUT2D eigenvalue weighted by atomic mass is 9.80. The SMILES string of the molecule is C=CCc1ccccc1-c1ccc2c(c1)OCC(C)(C)C2OC(N)=O. The number of primary amides is 1. The molecule has 0 radical (unpaired) electrons. The van der Waals surface area contributed by atoms with E-state index in [1.54, 1.807) is 0 Å². The Morgan fingerprint density at radius 1 is 1.36 bits per heavy atom. The van der Waals surface area contributed by atoms with Crippen LogP contribution in [0.3, 0.4) is 0 Å². The van der Waals surface area contributed by atoms with E-state index in [2.05, 4.69) is 18.7 Å². The summed E-state index contributed by atoms with van der Waals surface area (Å²) < 4.78 is 11.3. The lowest BCUT2D eigenvalue weighted by molar-refractivity contribution is -0.0176. The molecule has 4 nitrogen and oxygen atoms in total. The van der Waals surface area contributed by atoms with Gasteiger partial charge >= 0.3 is 6.09 Å². The first-order valence-corrected chi connectivity index (χ1v) is 8.34. The standard InChI is InChI=1S/C21H23NO3/c1-4-7-14-8-5-6-9-16(14)15-10-11-17-18(12-15)24-13-21(2,3)19(17)25-20(22)23/h4-6,8-12,19H,1,7,13H2,2-3H3,(H2,22,23). The quantitative estimate of drug-likeness (QED) is 0.827. The Morgan fingerprint density at radius 2 is 2.12 bits per heavy atom. The van der Waals surface area contributed by atoms with Crippen molar-refractivity contribution in [2.75, 3.05) is 6.61 Å². The Morgan fingerprint density at radius 3 is 2.84 bits per heavy atom. The summed E-state index contributed by atoms with van der Waals surface area (Å²) in [5, 5.41) is 0. The van der Waals surface area contributed by atoms with E-state index in [1.807, 2.05) is 50.3 Å². The summed E-state index contributed by atoms with van der Waals surface area (Å²) in [5.41, 5.74) is 9.18. The predicted octanol–water partition coefficient (Wildman–Crippen LogP) is 4.64. The second-order valence-corrected chi connectivity index (χ2v) is 7.00. The summed E-state index contributed by atoms with van der Waals surface area (Å²) in [7, 11) is 0. The van der Waals surface area contributed by atoms with Crippen LogP contribution in [0.4, 0.5) is 4.79 Å². The molecule has 1 aliphatic rings. The molecular formula is C21H23NO3. The van der Waals surface area contributed by atoms with Gasteiger partial charge in [0.15, 0.2) is 0 Å². The number of carbonyl (C=O) groups is 1. The number of allylic oxidation sites excluding steroid dienone is 1. The van der Waals surface area contributed by atoms with Crippen molar-refractivity contribution in [1.82, 2.24) is 0 Å². The van der Waals surface area contributed by atoms with E-state index in [0.29, 0.717) is 6.61 Å². The highest BCUT2D eigenvalue weighted by Gasteiger charge is 2.40. The Kier molecular flexibility index (Phi) is 4.53. The molecular weight excluding hydrogens is 314 g/mol. The maximum absolute atomic E-state index is 11.3. The summed E-state index contributed by atoms with van der Waals surface area (Å²) in [4.78, 5) is 11.3. The molecule has 0 saturated carbocycles. The van der Waals surface area contributed by atoms with Crippen molar-refractivity contribution in [3.05, 3.63) is 66.2 Å². The van der Waals surface area contributed by atoms with Crippen molar-refractivity contribution >= 4 is 6.09 Å². The summed E-state index contributed by atoms with van der Waals surface area (Å²) in [6.07, 6.45) is 1.50. The van der Waals surface area contributed by atoms with Crippen molar-refractivity contribution < 1.29 is 14.3 Å². The molecule has 25 heavy (non-hydrogen) atoms. The molecule has 4 heteroatoms. The molecule has 2 aromatic carbocycles. The normalized spacial score (nSPS) is 17.9. The van der Waals surface area contributed by atoms with Crippen LogP contribution in [0, 0.1) is 5.41 Å². The number of benzene rings is 2. The van der Waals surface area contributed by atoms with Crippen molar-refractivity contribution in [2.45, 2.75) is 26.4 Å². The number of rotatable bonds is 4. The first kappa shape index (κ1) is 17.1. The summed E-state index contributed by atoms with van der Waals surface area (Å²) in [5.74, 6) is 0.733. The smallest absolute Gasteiger partial charge is 0.405 e. The van der Waals surface area contributed by atoms with Crippen LogP contribution in [0.25, 0.3) is 11.1 Å². The molecule has 1 aliphatic heterocycles. The van der Waals surface area contributed by atoms with Gasteiger partial charge in [-0.2, -0.15) is 0 Å². The molecule has 0 spiro atoms. The Bertz CT molecular complexity index is 811. The van der Waals surface area contributed by atoms with Crippen LogP contribution >= 0.6 is 0 Å². The highest BCUT2D eigenvalue weighted by Crippen LogP contribution is 2.46. The molecule has 2 aromatic rings. The zero-order valence-corrected chi connectivity index (χ0v) is 14.6. The van der Waals surface area contributed by atoms with Gasteiger partial charge < -0.3 is 15.2 Å². The summed E-state index contributed by atoms with van der Waals surface area (Å²) in [6.45, 7) is 8.28. The molecule has 1 heterocycles. The molecule has 0 saturated heterocycles. The number of fused-ring (bicyclic) bond motifs is 1. The van der Waals surface area contributed by atoms with Gasteiger partial charge in [-0.15, -0.1) is 6.58 Å². The van der Waals surface area contributed by atoms with Crippen LogP contribution < -0.4 is 10.5 Å². The van der Waals surface area contributed by atoms with Gasteiger partial charge in [-0.05, 0) is 29.2 Å². The number of hydrogen-bond donors (Lipinski definition) is 1.